The summed E-state index contributed by atoms with van der Waals surface area (Å²) in [7, 11) is 2.92. The standard InChI is InChI=1S/C13H24N2O4/c1-8(2)11(14-10(4)16)12(17)15(5)7-9(3)13(18)19-6/h8-9,11H,7H2,1-6H3,(H,14,16). The van der Waals surface area contributed by atoms with E-state index < -0.39 is 12.0 Å². The molecule has 0 aromatic heterocycles. The molecule has 0 aromatic carbocycles. The summed E-state index contributed by atoms with van der Waals surface area (Å²) in [5.74, 6) is -1.24. The predicted octanol–water partition coefficient (Wildman–Crippen LogP) is 0.415. The van der Waals surface area contributed by atoms with Gasteiger partial charge in [-0.1, -0.05) is 20.8 Å². The van der Waals surface area contributed by atoms with Gasteiger partial charge in [0.2, 0.25) is 11.8 Å². The van der Waals surface area contributed by atoms with Crippen LogP contribution in [0.15, 0.2) is 0 Å². The van der Waals surface area contributed by atoms with E-state index >= 15 is 0 Å². The molecule has 0 bridgehead atoms. The number of methoxy groups -OCH3 is 1. The van der Waals surface area contributed by atoms with Crippen LogP contribution in [-0.2, 0) is 19.1 Å². The van der Waals surface area contributed by atoms with E-state index in [4.69, 9.17) is 0 Å². The molecule has 0 fully saturated rings. The zero-order valence-electron chi connectivity index (χ0n) is 12.5. The molecule has 110 valence electrons. The molecular formula is C13H24N2O4. The first-order valence-corrected chi connectivity index (χ1v) is 6.30. The normalized spacial score (nSPS) is 13.6. The summed E-state index contributed by atoms with van der Waals surface area (Å²) < 4.78 is 4.62. The number of likely N-dealkylation sites (N-methyl/N-ethyl adjacent to an activating group) is 1. The van der Waals surface area contributed by atoms with Gasteiger partial charge < -0.3 is 15.0 Å². The van der Waals surface area contributed by atoms with Crippen molar-refractivity contribution in [2.24, 2.45) is 11.8 Å². The van der Waals surface area contributed by atoms with Crippen molar-refractivity contribution in [2.75, 3.05) is 20.7 Å². The third-order valence-electron chi connectivity index (χ3n) is 2.82. The van der Waals surface area contributed by atoms with Gasteiger partial charge in [0, 0.05) is 20.5 Å². The highest BCUT2D eigenvalue weighted by Gasteiger charge is 2.27. The Morgan fingerprint density at radius 2 is 1.74 bits per heavy atom. The number of nitrogens with one attached hydrogen (secondary N) is 1. The van der Waals surface area contributed by atoms with Gasteiger partial charge in [0.1, 0.15) is 6.04 Å². The van der Waals surface area contributed by atoms with E-state index in [0.717, 1.165) is 0 Å². The van der Waals surface area contributed by atoms with Crippen LogP contribution in [-0.4, -0.2) is 49.4 Å². The van der Waals surface area contributed by atoms with Crippen LogP contribution in [0.3, 0.4) is 0 Å². The molecule has 6 nitrogen and oxygen atoms in total. The molecule has 2 unspecified atom stereocenters. The van der Waals surface area contributed by atoms with Crippen LogP contribution in [0.5, 0.6) is 0 Å². The van der Waals surface area contributed by atoms with Gasteiger partial charge in [-0.25, -0.2) is 0 Å². The Morgan fingerprint density at radius 3 is 2.11 bits per heavy atom. The van der Waals surface area contributed by atoms with Crippen molar-refractivity contribution in [3.8, 4) is 0 Å². The van der Waals surface area contributed by atoms with Gasteiger partial charge in [0.05, 0.1) is 13.0 Å². The van der Waals surface area contributed by atoms with Crippen molar-refractivity contribution >= 4 is 17.8 Å². The summed E-state index contributed by atoms with van der Waals surface area (Å²) >= 11 is 0. The first kappa shape index (κ1) is 17.4. The Hall–Kier alpha value is -1.59. The lowest BCUT2D eigenvalue weighted by Gasteiger charge is -2.27. The monoisotopic (exact) mass is 272 g/mol. The topological polar surface area (TPSA) is 75.7 Å². The number of hydrogen-bond donors (Lipinski definition) is 1. The Bertz CT molecular complexity index is 342. The van der Waals surface area contributed by atoms with E-state index in [2.05, 4.69) is 10.1 Å². The SMILES string of the molecule is COC(=O)C(C)CN(C)C(=O)C(NC(C)=O)C(C)C. The second-order valence-corrected chi connectivity index (χ2v) is 5.07. The van der Waals surface area contributed by atoms with Gasteiger partial charge in [0.25, 0.3) is 0 Å². The minimum atomic E-state index is -0.577. The molecule has 19 heavy (non-hydrogen) atoms. The van der Waals surface area contributed by atoms with Gasteiger partial charge in [-0.3, -0.25) is 14.4 Å². The van der Waals surface area contributed by atoms with Gasteiger partial charge in [-0.2, -0.15) is 0 Å². The quantitative estimate of drug-likeness (QED) is 0.711. The van der Waals surface area contributed by atoms with Crippen LogP contribution in [0.2, 0.25) is 0 Å². The molecule has 0 aromatic rings. The van der Waals surface area contributed by atoms with Crippen molar-refractivity contribution in [1.29, 1.82) is 0 Å². The fourth-order valence-corrected chi connectivity index (χ4v) is 1.75. The molecule has 2 amide bonds. The fraction of sp³-hybridized carbons (Fsp3) is 0.769. The first-order chi connectivity index (χ1) is 8.70. The van der Waals surface area contributed by atoms with Crippen LogP contribution in [0, 0.1) is 11.8 Å². The van der Waals surface area contributed by atoms with Crippen molar-refractivity contribution in [3.63, 3.8) is 0 Å². The van der Waals surface area contributed by atoms with Gasteiger partial charge >= 0.3 is 5.97 Å². The van der Waals surface area contributed by atoms with E-state index in [1.807, 2.05) is 13.8 Å². The summed E-state index contributed by atoms with van der Waals surface area (Å²) in [5.41, 5.74) is 0. The van der Waals surface area contributed by atoms with Crippen molar-refractivity contribution in [3.05, 3.63) is 0 Å². The minimum Gasteiger partial charge on any atom is -0.469 e. The third-order valence-corrected chi connectivity index (χ3v) is 2.82. The zero-order chi connectivity index (χ0) is 15.2. The summed E-state index contributed by atoms with van der Waals surface area (Å²) in [6, 6.07) is -0.577. The van der Waals surface area contributed by atoms with Crippen LogP contribution in [0.25, 0.3) is 0 Å². The van der Waals surface area contributed by atoms with E-state index in [-0.39, 0.29) is 30.2 Å². The fourth-order valence-electron chi connectivity index (χ4n) is 1.75. The lowest BCUT2D eigenvalue weighted by atomic mass is 10.0. The summed E-state index contributed by atoms with van der Waals surface area (Å²) in [6.07, 6.45) is 0. The van der Waals surface area contributed by atoms with Crippen LogP contribution < -0.4 is 5.32 Å². The van der Waals surface area contributed by atoms with Crippen molar-refractivity contribution in [1.82, 2.24) is 10.2 Å². The highest BCUT2D eigenvalue weighted by molar-refractivity contribution is 5.87. The third kappa shape index (κ3) is 5.72. The molecule has 0 saturated carbocycles. The molecule has 0 aliphatic rings. The molecular weight excluding hydrogens is 248 g/mol. The smallest absolute Gasteiger partial charge is 0.310 e. The molecule has 0 aliphatic heterocycles. The van der Waals surface area contributed by atoms with Gasteiger partial charge in [0.15, 0.2) is 0 Å². The maximum absolute atomic E-state index is 12.2. The number of hydrogen-bond acceptors (Lipinski definition) is 4. The Kier molecular flexibility index (Phi) is 7.11. The van der Waals surface area contributed by atoms with Crippen LogP contribution >= 0.6 is 0 Å². The number of carbonyl (C=O) groups excluding carboxylic acids is 3. The number of carbonyl (C=O) groups is 3. The first-order valence-electron chi connectivity index (χ1n) is 6.30. The lowest BCUT2D eigenvalue weighted by Crippen LogP contribution is -2.50. The second kappa shape index (κ2) is 7.76. The zero-order valence-corrected chi connectivity index (χ0v) is 12.5. The Balaban J connectivity index is 4.67. The molecule has 2 atom stereocenters. The summed E-state index contributed by atoms with van der Waals surface area (Å²) in [6.45, 7) is 7.04. The van der Waals surface area contributed by atoms with Crippen molar-refractivity contribution < 1.29 is 19.1 Å². The van der Waals surface area contributed by atoms with Gasteiger partial charge in [-0.15, -0.1) is 0 Å². The molecule has 0 spiro atoms. The van der Waals surface area contributed by atoms with Crippen molar-refractivity contribution in [2.45, 2.75) is 33.7 Å². The number of amides is 2. The van der Waals surface area contributed by atoms with E-state index in [1.165, 1.54) is 18.9 Å². The molecule has 0 rings (SSSR count). The molecule has 6 heteroatoms. The maximum Gasteiger partial charge on any atom is 0.310 e. The Labute approximate surface area is 114 Å². The maximum atomic E-state index is 12.2. The van der Waals surface area contributed by atoms with Gasteiger partial charge in [-0.05, 0) is 5.92 Å². The molecule has 0 heterocycles. The molecule has 0 saturated heterocycles. The minimum absolute atomic E-state index is 0.0210. The van der Waals surface area contributed by atoms with E-state index in [0.29, 0.717) is 0 Å². The number of ether oxygens (including phenoxy) is 1. The lowest BCUT2D eigenvalue weighted by molar-refractivity contribution is -0.146. The average Bonchev–Trinajstić information content (AvgIpc) is 2.33. The number of esters is 1. The highest BCUT2D eigenvalue weighted by Crippen LogP contribution is 2.08. The molecule has 0 aliphatic carbocycles. The molecule has 1 N–H and O–H groups in total. The average molecular weight is 272 g/mol. The number of rotatable bonds is 6. The largest absolute Gasteiger partial charge is 0.469 e. The molecule has 0 radical (unpaired) electrons. The van der Waals surface area contributed by atoms with E-state index in [9.17, 15) is 14.4 Å². The number of nitrogens with zero attached hydrogens (tertiary/aromatic N) is 1. The Morgan fingerprint density at radius 1 is 1.21 bits per heavy atom. The van der Waals surface area contributed by atoms with Crippen LogP contribution in [0.1, 0.15) is 27.7 Å². The summed E-state index contributed by atoms with van der Waals surface area (Å²) in [4.78, 5) is 36.1. The van der Waals surface area contributed by atoms with E-state index in [1.54, 1.807) is 14.0 Å². The summed E-state index contributed by atoms with van der Waals surface area (Å²) in [5, 5.41) is 2.63. The predicted molar refractivity (Wildman–Crippen MR) is 71.3 cm³/mol. The second-order valence-electron chi connectivity index (χ2n) is 5.07. The van der Waals surface area contributed by atoms with Crippen LogP contribution in [0.4, 0.5) is 0 Å². The highest BCUT2D eigenvalue weighted by atomic mass is 16.5.